The summed E-state index contributed by atoms with van der Waals surface area (Å²) in [6.07, 6.45) is 4.49. The lowest BCUT2D eigenvalue weighted by Gasteiger charge is -2.23. The average Bonchev–Trinajstić information content (AvgIpc) is 3.02. The maximum absolute atomic E-state index is 12.0. The fraction of sp³-hybridized carbons (Fsp3) is 0.615. The maximum Gasteiger partial charge on any atom is 0.318 e. The van der Waals surface area contributed by atoms with Crippen LogP contribution in [0, 0.1) is 0 Å². The Morgan fingerprint density at radius 2 is 2.56 bits per heavy atom. The Morgan fingerprint density at radius 1 is 1.67 bits per heavy atom. The normalized spacial score (nSPS) is 19.2. The van der Waals surface area contributed by atoms with Gasteiger partial charge in [0, 0.05) is 26.8 Å². The van der Waals surface area contributed by atoms with Gasteiger partial charge in [-0.3, -0.25) is 0 Å². The van der Waals surface area contributed by atoms with Crippen LogP contribution in [0.2, 0.25) is 0 Å². The molecule has 2 rings (SSSR count). The van der Waals surface area contributed by atoms with Gasteiger partial charge >= 0.3 is 6.03 Å². The van der Waals surface area contributed by atoms with E-state index < -0.39 is 0 Å². The van der Waals surface area contributed by atoms with Gasteiger partial charge in [0.15, 0.2) is 0 Å². The van der Waals surface area contributed by atoms with E-state index in [0.717, 1.165) is 31.6 Å². The summed E-state index contributed by atoms with van der Waals surface area (Å²) < 4.78 is 10.3. The number of hydrogen-bond acceptors (Lipinski definition) is 3. The van der Waals surface area contributed by atoms with E-state index >= 15 is 0 Å². The van der Waals surface area contributed by atoms with Crippen LogP contribution in [0.15, 0.2) is 22.8 Å². The number of amides is 2. The molecule has 2 amide bonds. The first-order valence-corrected chi connectivity index (χ1v) is 6.39. The highest BCUT2D eigenvalue weighted by Gasteiger charge is 2.31. The summed E-state index contributed by atoms with van der Waals surface area (Å²) in [7, 11) is 1.66. The molecule has 2 heterocycles. The Morgan fingerprint density at radius 3 is 3.28 bits per heavy atom. The summed E-state index contributed by atoms with van der Waals surface area (Å²) in [5, 5.41) is 2.92. The molecule has 5 heteroatoms. The molecule has 0 saturated carbocycles. The lowest BCUT2D eigenvalue weighted by molar-refractivity contribution is 0.178. The van der Waals surface area contributed by atoms with Crippen molar-refractivity contribution in [1.29, 1.82) is 0 Å². The molecule has 100 valence electrons. The molecule has 0 aromatic carbocycles. The second-order valence-corrected chi connectivity index (χ2v) is 4.45. The van der Waals surface area contributed by atoms with Crippen LogP contribution in [0.3, 0.4) is 0 Å². The highest BCUT2D eigenvalue weighted by atomic mass is 16.5. The SMILES string of the molecule is COCCCNC(=O)N1CCCC1c1ccco1. The molecule has 1 aliphatic heterocycles. The van der Waals surface area contributed by atoms with E-state index in [1.54, 1.807) is 13.4 Å². The fourth-order valence-corrected chi connectivity index (χ4v) is 2.30. The number of hydrogen-bond donors (Lipinski definition) is 1. The largest absolute Gasteiger partial charge is 0.467 e. The Labute approximate surface area is 107 Å². The van der Waals surface area contributed by atoms with E-state index in [1.807, 2.05) is 17.0 Å². The first-order chi connectivity index (χ1) is 8.83. The number of nitrogens with zero attached hydrogens (tertiary/aromatic N) is 1. The molecule has 0 bridgehead atoms. The third-order valence-corrected chi connectivity index (χ3v) is 3.19. The van der Waals surface area contributed by atoms with Crippen LogP contribution in [0.5, 0.6) is 0 Å². The van der Waals surface area contributed by atoms with Crippen LogP contribution < -0.4 is 5.32 Å². The second kappa shape index (κ2) is 6.44. The number of furan rings is 1. The Bertz CT molecular complexity index is 364. The topological polar surface area (TPSA) is 54.7 Å². The molecule has 18 heavy (non-hydrogen) atoms. The van der Waals surface area contributed by atoms with Crippen LogP contribution in [0.25, 0.3) is 0 Å². The van der Waals surface area contributed by atoms with Crippen LogP contribution in [0.1, 0.15) is 31.1 Å². The predicted octanol–water partition coefficient (Wildman–Crippen LogP) is 2.16. The molecule has 5 nitrogen and oxygen atoms in total. The van der Waals surface area contributed by atoms with Gasteiger partial charge < -0.3 is 19.4 Å². The smallest absolute Gasteiger partial charge is 0.318 e. The highest BCUT2D eigenvalue weighted by Crippen LogP contribution is 2.31. The third kappa shape index (κ3) is 3.04. The van der Waals surface area contributed by atoms with Gasteiger partial charge in [0.2, 0.25) is 0 Å². The van der Waals surface area contributed by atoms with Crippen LogP contribution >= 0.6 is 0 Å². The second-order valence-electron chi connectivity index (χ2n) is 4.45. The number of urea groups is 1. The first kappa shape index (κ1) is 13.0. The molecule has 1 fully saturated rings. The molecule has 0 aliphatic carbocycles. The fourth-order valence-electron chi connectivity index (χ4n) is 2.30. The lowest BCUT2D eigenvalue weighted by Crippen LogP contribution is -2.40. The van der Waals surface area contributed by atoms with Crippen LogP contribution in [0.4, 0.5) is 4.79 Å². The van der Waals surface area contributed by atoms with E-state index in [-0.39, 0.29) is 12.1 Å². The number of carbonyl (C=O) groups is 1. The van der Waals surface area contributed by atoms with E-state index in [4.69, 9.17) is 9.15 Å². The van der Waals surface area contributed by atoms with Crippen molar-refractivity contribution < 1.29 is 13.9 Å². The van der Waals surface area contributed by atoms with Gasteiger partial charge in [-0.05, 0) is 31.4 Å². The summed E-state index contributed by atoms with van der Waals surface area (Å²) in [6.45, 7) is 2.11. The molecular weight excluding hydrogens is 232 g/mol. The summed E-state index contributed by atoms with van der Waals surface area (Å²) >= 11 is 0. The van der Waals surface area contributed by atoms with Gasteiger partial charge in [-0.15, -0.1) is 0 Å². The molecule has 0 radical (unpaired) electrons. The van der Waals surface area contributed by atoms with Crippen molar-refractivity contribution in [2.45, 2.75) is 25.3 Å². The molecule has 1 unspecified atom stereocenters. The van der Waals surface area contributed by atoms with Crippen molar-refractivity contribution in [3.05, 3.63) is 24.2 Å². The highest BCUT2D eigenvalue weighted by molar-refractivity contribution is 5.74. The van der Waals surface area contributed by atoms with Crippen molar-refractivity contribution >= 4 is 6.03 Å². The van der Waals surface area contributed by atoms with Gasteiger partial charge in [0.1, 0.15) is 5.76 Å². The zero-order valence-electron chi connectivity index (χ0n) is 10.7. The van der Waals surface area contributed by atoms with Gasteiger partial charge in [-0.1, -0.05) is 0 Å². The monoisotopic (exact) mass is 252 g/mol. The van der Waals surface area contributed by atoms with Crippen molar-refractivity contribution in [1.82, 2.24) is 10.2 Å². The number of carbonyl (C=O) groups excluding carboxylic acids is 1. The summed E-state index contributed by atoms with van der Waals surface area (Å²) in [6, 6.07) is 3.87. The first-order valence-electron chi connectivity index (χ1n) is 6.39. The van der Waals surface area contributed by atoms with Crippen molar-refractivity contribution in [2.75, 3.05) is 26.8 Å². The molecule has 1 aromatic rings. The molecule has 1 atom stereocenters. The summed E-state index contributed by atoms with van der Waals surface area (Å²) in [4.78, 5) is 13.9. The Balaban J connectivity index is 1.85. The minimum Gasteiger partial charge on any atom is -0.467 e. The van der Waals surface area contributed by atoms with Gasteiger partial charge in [0.05, 0.1) is 12.3 Å². The number of rotatable bonds is 5. The van der Waals surface area contributed by atoms with Crippen molar-refractivity contribution in [3.8, 4) is 0 Å². The van der Waals surface area contributed by atoms with Gasteiger partial charge in [-0.25, -0.2) is 4.79 Å². The summed E-state index contributed by atoms with van der Waals surface area (Å²) in [5.74, 6) is 0.875. The quantitative estimate of drug-likeness (QED) is 0.817. The average molecular weight is 252 g/mol. The van der Waals surface area contributed by atoms with Crippen molar-refractivity contribution in [2.24, 2.45) is 0 Å². The molecule has 0 spiro atoms. The predicted molar refractivity (Wildman–Crippen MR) is 67.3 cm³/mol. The van der Waals surface area contributed by atoms with Crippen molar-refractivity contribution in [3.63, 3.8) is 0 Å². The number of methoxy groups -OCH3 is 1. The zero-order valence-corrected chi connectivity index (χ0v) is 10.7. The maximum atomic E-state index is 12.0. The molecule has 1 saturated heterocycles. The number of ether oxygens (including phenoxy) is 1. The molecule has 1 N–H and O–H groups in total. The molecule has 1 aliphatic rings. The van der Waals surface area contributed by atoms with E-state index in [0.29, 0.717) is 13.2 Å². The standard InChI is InChI=1S/C13H20N2O3/c1-17-9-4-7-14-13(16)15-8-2-5-11(15)12-6-3-10-18-12/h3,6,10-11H,2,4-5,7-9H2,1H3,(H,14,16). The molecule has 1 aromatic heterocycles. The van der Waals surface area contributed by atoms with Crippen LogP contribution in [-0.2, 0) is 4.74 Å². The van der Waals surface area contributed by atoms with E-state index in [1.165, 1.54) is 0 Å². The number of likely N-dealkylation sites (tertiary alicyclic amines) is 1. The lowest BCUT2D eigenvalue weighted by atomic mass is 10.2. The van der Waals surface area contributed by atoms with E-state index in [9.17, 15) is 4.79 Å². The minimum atomic E-state index is -0.00926. The Hall–Kier alpha value is -1.49. The van der Waals surface area contributed by atoms with Crippen LogP contribution in [-0.4, -0.2) is 37.7 Å². The van der Waals surface area contributed by atoms with Gasteiger partial charge in [0.25, 0.3) is 0 Å². The zero-order chi connectivity index (χ0) is 12.8. The van der Waals surface area contributed by atoms with Gasteiger partial charge in [-0.2, -0.15) is 0 Å². The molecular formula is C13H20N2O3. The third-order valence-electron chi connectivity index (χ3n) is 3.19. The minimum absolute atomic E-state index is 0.00926. The van der Waals surface area contributed by atoms with E-state index in [2.05, 4.69) is 5.32 Å². The number of nitrogens with one attached hydrogen (secondary N) is 1. The summed E-state index contributed by atoms with van der Waals surface area (Å²) in [5.41, 5.74) is 0. The Kier molecular flexibility index (Phi) is 4.64.